The lowest BCUT2D eigenvalue weighted by Gasteiger charge is -2.04. The zero-order chi connectivity index (χ0) is 12.4. The third kappa shape index (κ3) is 2.19. The van der Waals surface area contributed by atoms with E-state index in [0.717, 1.165) is 21.0 Å². The molecular weight excluding hydrogens is 242 g/mol. The van der Waals surface area contributed by atoms with Gasteiger partial charge in [-0.2, -0.15) is 0 Å². The van der Waals surface area contributed by atoms with E-state index in [1.165, 1.54) is 5.56 Å². The summed E-state index contributed by atoms with van der Waals surface area (Å²) in [5, 5.41) is 2.97. The molecule has 0 aliphatic heterocycles. The number of fused-ring (bicyclic) bond motifs is 1. The van der Waals surface area contributed by atoms with E-state index in [9.17, 15) is 0 Å². The summed E-state index contributed by atoms with van der Waals surface area (Å²) in [5.41, 5.74) is 2.18. The highest BCUT2D eigenvalue weighted by molar-refractivity contribution is 7.99. The Kier molecular flexibility index (Phi) is 2.94. The molecule has 18 heavy (non-hydrogen) atoms. The van der Waals surface area contributed by atoms with Crippen molar-refractivity contribution >= 4 is 22.7 Å². The first-order chi connectivity index (χ1) is 8.83. The van der Waals surface area contributed by atoms with Crippen LogP contribution >= 0.6 is 11.8 Å². The molecule has 88 valence electrons. The molecule has 0 unspecified atom stereocenters. The number of hydrogen-bond donors (Lipinski definition) is 0. The highest BCUT2D eigenvalue weighted by Crippen LogP contribution is 2.29. The molecule has 0 aliphatic rings. The van der Waals surface area contributed by atoms with Crippen LogP contribution in [0.2, 0.25) is 0 Å². The van der Waals surface area contributed by atoms with Gasteiger partial charge < -0.3 is 0 Å². The Bertz CT molecular complexity index is 683. The number of hydrogen-bond acceptors (Lipinski definition) is 4. The van der Waals surface area contributed by atoms with Crippen molar-refractivity contribution in [3.05, 3.63) is 54.5 Å². The van der Waals surface area contributed by atoms with Gasteiger partial charge in [0.05, 0.1) is 5.52 Å². The van der Waals surface area contributed by atoms with Gasteiger partial charge in [-0.25, -0.2) is 15.0 Å². The summed E-state index contributed by atoms with van der Waals surface area (Å²) in [6.07, 6.45) is 3.39. The van der Waals surface area contributed by atoms with E-state index in [4.69, 9.17) is 0 Å². The van der Waals surface area contributed by atoms with Crippen LogP contribution in [0, 0.1) is 6.92 Å². The molecule has 2 aromatic heterocycles. The van der Waals surface area contributed by atoms with E-state index in [1.807, 2.05) is 24.3 Å². The Labute approximate surface area is 109 Å². The van der Waals surface area contributed by atoms with E-state index in [0.29, 0.717) is 0 Å². The van der Waals surface area contributed by atoms with Crippen molar-refractivity contribution in [2.75, 3.05) is 0 Å². The summed E-state index contributed by atoms with van der Waals surface area (Å²) >= 11 is 1.56. The van der Waals surface area contributed by atoms with Gasteiger partial charge in [0.1, 0.15) is 16.4 Å². The van der Waals surface area contributed by atoms with E-state index in [2.05, 4.69) is 34.0 Å². The van der Waals surface area contributed by atoms with Gasteiger partial charge in [-0.05, 0) is 43.0 Å². The molecular formula is C14H11N3S. The normalized spacial score (nSPS) is 10.7. The van der Waals surface area contributed by atoms with Crippen molar-refractivity contribution in [1.82, 2.24) is 15.0 Å². The molecule has 3 aromatic rings. The lowest BCUT2D eigenvalue weighted by Crippen LogP contribution is -1.88. The van der Waals surface area contributed by atoms with E-state index >= 15 is 0 Å². The topological polar surface area (TPSA) is 38.7 Å². The van der Waals surface area contributed by atoms with Crippen LogP contribution in [0.5, 0.6) is 0 Å². The predicted molar refractivity (Wildman–Crippen MR) is 72.6 cm³/mol. The molecule has 0 saturated carbocycles. The molecule has 0 bridgehead atoms. The molecule has 0 fully saturated rings. The van der Waals surface area contributed by atoms with Crippen LogP contribution in [0.3, 0.4) is 0 Å². The fourth-order valence-corrected chi connectivity index (χ4v) is 2.57. The number of rotatable bonds is 2. The summed E-state index contributed by atoms with van der Waals surface area (Å²) in [6.45, 7) is 2.07. The zero-order valence-electron chi connectivity index (χ0n) is 9.87. The molecule has 3 nitrogen and oxygen atoms in total. The lowest BCUT2D eigenvalue weighted by molar-refractivity contribution is 1.08. The highest BCUT2D eigenvalue weighted by Gasteiger charge is 2.06. The van der Waals surface area contributed by atoms with E-state index in [1.54, 1.807) is 24.3 Å². The third-order valence-corrected chi connectivity index (χ3v) is 3.56. The largest absolute Gasteiger partial charge is 0.250 e. The second-order valence-electron chi connectivity index (χ2n) is 3.97. The van der Waals surface area contributed by atoms with Crippen molar-refractivity contribution in [1.29, 1.82) is 0 Å². The van der Waals surface area contributed by atoms with Gasteiger partial charge in [0, 0.05) is 11.6 Å². The molecule has 0 atom stereocenters. The Morgan fingerprint density at radius 2 is 1.94 bits per heavy atom. The smallest absolute Gasteiger partial charge is 0.117 e. The van der Waals surface area contributed by atoms with Crippen LogP contribution in [0.15, 0.2) is 59.0 Å². The highest BCUT2D eigenvalue weighted by atomic mass is 32.2. The molecule has 0 radical (unpaired) electrons. The molecule has 0 spiro atoms. The fraction of sp³-hybridized carbons (Fsp3) is 0.0714. The molecule has 0 aliphatic carbocycles. The second-order valence-corrected chi connectivity index (χ2v) is 4.98. The van der Waals surface area contributed by atoms with Crippen molar-refractivity contribution in [3.8, 4) is 0 Å². The standard InChI is InChI=1S/C14H11N3S/c1-10-5-6-12-11(8-10)14(17-9-16-12)18-13-4-2-3-7-15-13/h2-9H,1H3. The molecule has 0 N–H and O–H groups in total. The van der Waals surface area contributed by atoms with E-state index < -0.39 is 0 Å². The van der Waals surface area contributed by atoms with Crippen molar-refractivity contribution in [3.63, 3.8) is 0 Å². The minimum absolute atomic E-state index is 0.944. The van der Waals surface area contributed by atoms with Gasteiger partial charge in [0.25, 0.3) is 0 Å². The van der Waals surface area contributed by atoms with Crippen LogP contribution in [0.25, 0.3) is 10.9 Å². The third-order valence-electron chi connectivity index (χ3n) is 2.59. The number of benzene rings is 1. The van der Waals surface area contributed by atoms with Gasteiger partial charge in [-0.3, -0.25) is 0 Å². The van der Waals surface area contributed by atoms with Crippen LogP contribution in [0.1, 0.15) is 5.56 Å². The number of pyridine rings is 1. The molecule has 4 heteroatoms. The van der Waals surface area contributed by atoms with Gasteiger partial charge in [0.2, 0.25) is 0 Å². The van der Waals surface area contributed by atoms with Gasteiger partial charge in [-0.1, -0.05) is 17.7 Å². The van der Waals surface area contributed by atoms with E-state index in [-0.39, 0.29) is 0 Å². The average molecular weight is 253 g/mol. The van der Waals surface area contributed by atoms with Crippen molar-refractivity contribution in [2.45, 2.75) is 17.0 Å². The Morgan fingerprint density at radius 3 is 2.78 bits per heavy atom. The number of aromatic nitrogens is 3. The zero-order valence-corrected chi connectivity index (χ0v) is 10.7. The molecule has 2 heterocycles. The van der Waals surface area contributed by atoms with Crippen molar-refractivity contribution in [2.24, 2.45) is 0 Å². The predicted octanol–water partition coefficient (Wildman–Crippen LogP) is 3.48. The maximum absolute atomic E-state index is 4.36. The average Bonchev–Trinajstić information content (AvgIpc) is 2.41. The van der Waals surface area contributed by atoms with Gasteiger partial charge >= 0.3 is 0 Å². The van der Waals surface area contributed by atoms with Crippen LogP contribution in [0.4, 0.5) is 0 Å². The van der Waals surface area contributed by atoms with Gasteiger partial charge in [0.15, 0.2) is 0 Å². The van der Waals surface area contributed by atoms with Crippen LogP contribution < -0.4 is 0 Å². The first-order valence-electron chi connectivity index (χ1n) is 5.63. The minimum atomic E-state index is 0.944. The van der Waals surface area contributed by atoms with Crippen LogP contribution in [-0.2, 0) is 0 Å². The number of nitrogens with zero attached hydrogens (tertiary/aromatic N) is 3. The number of aryl methyl sites for hydroxylation is 1. The SMILES string of the molecule is Cc1ccc2ncnc(Sc3ccccn3)c2c1. The summed E-state index contributed by atoms with van der Waals surface area (Å²) in [7, 11) is 0. The first-order valence-corrected chi connectivity index (χ1v) is 6.45. The monoisotopic (exact) mass is 253 g/mol. The summed E-state index contributed by atoms with van der Waals surface area (Å²) in [4.78, 5) is 12.9. The second kappa shape index (κ2) is 4.74. The first kappa shape index (κ1) is 11.2. The molecule has 3 rings (SSSR count). The summed E-state index contributed by atoms with van der Waals surface area (Å²) < 4.78 is 0. The minimum Gasteiger partial charge on any atom is -0.250 e. The maximum atomic E-state index is 4.36. The van der Waals surface area contributed by atoms with Gasteiger partial charge in [-0.15, -0.1) is 0 Å². The summed E-state index contributed by atoms with van der Waals surface area (Å²) in [6, 6.07) is 12.1. The summed E-state index contributed by atoms with van der Waals surface area (Å²) in [5.74, 6) is 0. The molecule has 1 aromatic carbocycles. The Hall–Kier alpha value is -1.94. The Balaban J connectivity index is 2.09. The van der Waals surface area contributed by atoms with Crippen LogP contribution in [-0.4, -0.2) is 15.0 Å². The fourth-order valence-electron chi connectivity index (χ4n) is 1.73. The maximum Gasteiger partial charge on any atom is 0.117 e. The Morgan fingerprint density at radius 1 is 1.00 bits per heavy atom. The lowest BCUT2D eigenvalue weighted by atomic mass is 10.2. The molecule has 0 saturated heterocycles. The quantitative estimate of drug-likeness (QED) is 0.655. The van der Waals surface area contributed by atoms with Crippen molar-refractivity contribution < 1.29 is 0 Å². The molecule has 0 amide bonds.